The van der Waals surface area contributed by atoms with Gasteiger partial charge >= 0.3 is 0 Å². The van der Waals surface area contributed by atoms with Gasteiger partial charge in [-0.05, 0) is 47.5 Å². The van der Waals surface area contributed by atoms with Crippen LogP contribution >= 0.6 is 0 Å². The number of fused-ring (bicyclic) bond motifs is 1. The van der Waals surface area contributed by atoms with Crippen molar-refractivity contribution in [2.45, 2.75) is 37.2 Å². The third kappa shape index (κ3) is 3.99. The lowest BCUT2D eigenvalue weighted by Crippen LogP contribution is -2.35. The van der Waals surface area contributed by atoms with Gasteiger partial charge in [0, 0.05) is 5.41 Å². The molecule has 0 aliphatic carbocycles. The number of hydrogen-bond donors (Lipinski definition) is 0. The maximum absolute atomic E-state index is 12.6. The Balaban J connectivity index is 1.89. The lowest BCUT2D eigenvalue weighted by atomic mass is 9.79. The van der Waals surface area contributed by atoms with Crippen molar-refractivity contribution in [3.8, 4) is 5.75 Å². The molecule has 0 aromatic heterocycles. The predicted molar refractivity (Wildman–Crippen MR) is 108 cm³/mol. The first-order chi connectivity index (χ1) is 12.7. The minimum absolute atomic E-state index is 0.165. The zero-order valence-corrected chi connectivity index (χ0v) is 16.8. The molecule has 0 N–H and O–H groups in total. The van der Waals surface area contributed by atoms with Crippen molar-refractivity contribution < 1.29 is 17.3 Å². The summed E-state index contributed by atoms with van der Waals surface area (Å²) in [7, 11) is -2.18. The van der Waals surface area contributed by atoms with Crippen molar-refractivity contribution in [2.24, 2.45) is 0 Å². The van der Waals surface area contributed by atoms with Crippen LogP contribution in [0.15, 0.2) is 71.6 Å². The minimum atomic E-state index is -3.82. The quantitative estimate of drug-likeness (QED) is 0.566. The molecule has 27 heavy (non-hydrogen) atoms. The fourth-order valence-electron chi connectivity index (χ4n) is 2.94. The van der Waals surface area contributed by atoms with E-state index in [0.717, 1.165) is 22.1 Å². The van der Waals surface area contributed by atoms with Gasteiger partial charge in [-0.3, -0.25) is 4.18 Å². The van der Waals surface area contributed by atoms with Crippen molar-refractivity contribution in [1.29, 1.82) is 0 Å². The van der Waals surface area contributed by atoms with Crippen molar-refractivity contribution in [1.82, 2.24) is 0 Å². The summed E-state index contributed by atoms with van der Waals surface area (Å²) in [5.41, 5.74) is 0.506. The number of ether oxygens (including phenoxy) is 1. The van der Waals surface area contributed by atoms with E-state index in [0.29, 0.717) is 0 Å². The fourth-order valence-corrected chi connectivity index (χ4v) is 4.16. The summed E-state index contributed by atoms with van der Waals surface area (Å²) in [6.45, 7) is 5.77. The van der Waals surface area contributed by atoms with Gasteiger partial charge in [0.25, 0.3) is 10.1 Å². The van der Waals surface area contributed by atoms with Crippen LogP contribution in [0.5, 0.6) is 5.75 Å². The van der Waals surface area contributed by atoms with Crippen LogP contribution in [0.1, 0.15) is 26.3 Å². The van der Waals surface area contributed by atoms with E-state index in [1.165, 1.54) is 0 Å². The fraction of sp³-hybridized carbons (Fsp3) is 0.273. The molecule has 0 fully saturated rings. The Morgan fingerprint density at radius 2 is 1.52 bits per heavy atom. The zero-order chi connectivity index (χ0) is 19.7. The molecule has 1 unspecified atom stereocenters. The molecule has 0 spiro atoms. The summed E-state index contributed by atoms with van der Waals surface area (Å²) in [5.74, 6) is 0.806. The van der Waals surface area contributed by atoms with Crippen LogP contribution in [0, 0.1) is 0 Å². The van der Waals surface area contributed by atoms with E-state index in [-0.39, 0.29) is 4.90 Å². The molecule has 0 radical (unpaired) electrons. The number of methoxy groups -OCH3 is 1. The molecule has 0 saturated heterocycles. The van der Waals surface area contributed by atoms with Gasteiger partial charge in [-0.25, -0.2) is 0 Å². The minimum Gasteiger partial charge on any atom is -0.497 e. The standard InChI is InChI=1S/C22H24O4S/c1-16(26-27(23,24)21-8-6-5-7-9-21)22(2,3)19-12-10-18-15-20(25-4)13-11-17(18)14-19/h5-16H,1-4H3. The first kappa shape index (κ1) is 19.4. The molecule has 4 nitrogen and oxygen atoms in total. The van der Waals surface area contributed by atoms with Crippen LogP contribution in [-0.4, -0.2) is 21.6 Å². The smallest absolute Gasteiger partial charge is 0.297 e. The van der Waals surface area contributed by atoms with Crippen LogP contribution < -0.4 is 4.74 Å². The van der Waals surface area contributed by atoms with E-state index in [2.05, 4.69) is 6.07 Å². The first-order valence-corrected chi connectivity index (χ1v) is 10.2. The third-order valence-electron chi connectivity index (χ3n) is 5.11. The van der Waals surface area contributed by atoms with E-state index < -0.39 is 21.6 Å². The van der Waals surface area contributed by atoms with E-state index >= 15 is 0 Å². The first-order valence-electron chi connectivity index (χ1n) is 8.80. The lowest BCUT2D eigenvalue weighted by molar-refractivity contribution is 0.150. The Kier molecular flexibility index (Phi) is 5.27. The van der Waals surface area contributed by atoms with Crippen LogP contribution in [0.25, 0.3) is 10.8 Å². The van der Waals surface area contributed by atoms with Crippen molar-refractivity contribution in [3.63, 3.8) is 0 Å². The molecule has 0 saturated carbocycles. The molecular formula is C22H24O4S. The van der Waals surface area contributed by atoms with Gasteiger partial charge in [-0.1, -0.05) is 56.3 Å². The average Bonchev–Trinajstić information content (AvgIpc) is 2.67. The molecule has 3 rings (SSSR count). The topological polar surface area (TPSA) is 52.6 Å². The highest BCUT2D eigenvalue weighted by Gasteiger charge is 2.33. The van der Waals surface area contributed by atoms with Crippen LogP contribution in [0.2, 0.25) is 0 Å². The Hall–Kier alpha value is -2.37. The van der Waals surface area contributed by atoms with Gasteiger partial charge in [0.1, 0.15) is 5.75 Å². The summed E-state index contributed by atoms with van der Waals surface area (Å²) in [6.07, 6.45) is -0.543. The lowest BCUT2D eigenvalue weighted by Gasteiger charge is -2.32. The Morgan fingerprint density at radius 3 is 2.19 bits per heavy atom. The van der Waals surface area contributed by atoms with Crippen molar-refractivity contribution in [2.75, 3.05) is 7.11 Å². The Bertz CT molecular complexity index is 1040. The molecule has 0 aliphatic rings. The number of benzene rings is 3. The molecule has 3 aromatic rings. The van der Waals surface area contributed by atoms with E-state index in [1.54, 1.807) is 44.4 Å². The van der Waals surface area contributed by atoms with Crippen LogP contribution in [0.3, 0.4) is 0 Å². The van der Waals surface area contributed by atoms with Gasteiger partial charge in [-0.2, -0.15) is 8.42 Å². The second kappa shape index (κ2) is 7.33. The summed E-state index contributed by atoms with van der Waals surface area (Å²) in [4.78, 5) is 0.165. The Labute approximate surface area is 160 Å². The molecule has 5 heteroatoms. The molecule has 0 bridgehead atoms. The molecule has 0 aliphatic heterocycles. The van der Waals surface area contributed by atoms with Gasteiger partial charge in [-0.15, -0.1) is 0 Å². The third-order valence-corrected chi connectivity index (χ3v) is 6.50. The second-order valence-electron chi connectivity index (χ2n) is 7.16. The van der Waals surface area contributed by atoms with Gasteiger partial charge in [0.2, 0.25) is 0 Å². The highest BCUT2D eigenvalue weighted by Crippen LogP contribution is 2.33. The van der Waals surface area contributed by atoms with Gasteiger partial charge in [0.05, 0.1) is 18.1 Å². The van der Waals surface area contributed by atoms with Crippen molar-refractivity contribution >= 4 is 20.9 Å². The molecule has 1 atom stereocenters. The number of hydrogen-bond acceptors (Lipinski definition) is 4. The largest absolute Gasteiger partial charge is 0.497 e. The molecule has 3 aromatic carbocycles. The van der Waals surface area contributed by atoms with Gasteiger partial charge in [0.15, 0.2) is 0 Å². The molecule has 0 amide bonds. The van der Waals surface area contributed by atoms with Gasteiger partial charge < -0.3 is 4.74 Å². The average molecular weight is 384 g/mol. The molecular weight excluding hydrogens is 360 g/mol. The summed E-state index contributed by atoms with van der Waals surface area (Å²) in [6, 6.07) is 20.2. The summed E-state index contributed by atoms with van der Waals surface area (Å²) in [5, 5.41) is 2.14. The maximum Gasteiger partial charge on any atom is 0.297 e. The highest BCUT2D eigenvalue weighted by atomic mass is 32.2. The van der Waals surface area contributed by atoms with Crippen molar-refractivity contribution in [3.05, 3.63) is 72.3 Å². The van der Waals surface area contributed by atoms with E-state index in [9.17, 15) is 8.42 Å². The Morgan fingerprint density at radius 1 is 0.889 bits per heavy atom. The van der Waals surface area contributed by atoms with Crippen LogP contribution in [0.4, 0.5) is 0 Å². The van der Waals surface area contributed by atoms with E-state index in [4.69, 9.17) is 8.92 Å². The van der Waals surface area contributed by atoms with Crippen LogP contribution in [-0.2, 0) is 19.7 Å². The summed E-state index contributed by atoms with van der Waals surface area (Å²) >= 11 is 0. The second-order valence-corrected chi connectivity index (χ2v) is 8.73. The predicted octanol–water partition coefficient (Wildman–Crippen LogP) is 4.92. The highest BCUT2D eigenvalue weighted by molar-refractivity contribution is 7.86. The molecule has 142 valence electrons. The van der Waals surface area contributed by atoms with E-state index in [1.807, 2.05) is 44.2 Å². The monoisotopic (exact) mass is 384 g/mol. The zero-order valence-electron chi connectivity index (χ0n) is 16.0. The summed E-state index contributed by atoms with van der Waals surface area (Å²) < 4.78 is 35.9. The molecule has 0 heterocycles. The SMILES string of the molecule is COc1ccc2cc(C(C)(C)C(C)OS(=O)(=O)c3ccccc3)ccc2c1. The number of rotatable bonds is 6. The normalized spacial score (nSPS) is 13.5. The maximum atomic E-state index is 12.6.